The van der Waals surface area contributed by atoms with Gasteiger partial charge in [0.1, 0.15) is 5.76 Å². The number of aryl methyl sites for hydroxylation is 1. The van der Waals surface area contributed by atoms with Crippen molar-refractivity contribution in [2.45, 2.75) is 20.8 Å². The van der Waals surface area contributed by atoms with E-state index in [0.29, 0.717) is 10.8 Å². The molecule has 1 N–H and O–H groups in total. The molecule has 0 fully saturated rings. The lowest BCUT2D eigenvalue weighted by Gasteiger charge is -2.00. The average Bonchev–Trinajstić information content (AvgIpc) is 2.29. The summed E-state index contributed by atoms with van der Waals surface area (Å²) in [5, 5.41) is 10.5. The second-order valence-electron chi connectivity index (χ2n) is 2.84. The SMILES string of the molecule is CC.Cc1oc(=O)c2ccccc2c1O. The van der Waals surface area contributed by atoms with Crippen molar-refractivity contribution in [3.8, 4) is 5.75 Å². The number of benzene rings is 1. The number of hydrogen-bond acceptors (Lipinski definition) is 3. The molecule has 0 bridgehead atoms. The lowest BCUT2D eigenvalue weighted by atomic mass is 10.1. The summed E-state index contributed by atoms with van der Waals surface area (Å²) >= 11 is 0. The van der Waals surface area contributed by atoms with Gasteiger partial charge in [-0.1, -0.05) is 32.0 Å². The lowest BCUT2D eigenvalue weighted by molar-refractivity contribution is 0.412. The van der Waals surface area contributed by atoms with E-state index in [1.54, 1.807) is 31.2 Å². The zero-order chi connectivity index (χ0) is 11.4. The molecule has 80 valence electrons. The third-order valence-corrected chi connectivity index (χ3v) is 1.98. The summed E-state index contributed by atoms with van der Waals surface area (Å²) in [5.41, 5.74) is -0.411. The smallest absolute Gasteiger partial charge is 0.344 e. The Balaban J connectivity index is 0.000000531. The number of fused-ring (bicyclic) bond motifs is 1. The van der Waals surface area contributed by atoms with Gasteiger partial charge in [0.05, 0.1) is 5.39 Å². The molecule has 0 saturated heterocycles. The summed E-state index contributed by atoms with van der Waals surface area (Å²) in [6, 6.07) is 6.81. The molecule has 0 radical (unpaired) electrons. The molecule has 2 aromatic rings. The molecule has 0 unspecified atom stereocenters. The minimum Gasteiger partial charge on any atom is -0.504 e. The van der Waals surface area contributed by atoms with Crippen molar-refractivity contribution in [3.05, 3.63) is 40.4 Å². The highest BCUT2D eigenvalue weighted by Gasteiger charge is 2.07. The number of rotatable bonds is 0. The zero-order valence-corrected chi connectivity index (χ0v) is 9.07. The van der Waals surface area contributed by atoms with Crippen molar-refractivity contribution in [1.82, 2.24) is 0 Å². The van der Waals surface area contributed by atoms with Gasteiger partial charge in [0.15, 0.2) is 5.75 Å². The fraction of sp³-hybridized carbons (Fsp3) is 0.250. The largest absolute Gasteiger partial charge is 0.504 e. The standard InChI is InChI=1S/C10H8O3.C2H6/c1-6-9(11)7-4-2-3-5-8(7)10(12)13-6;1-2/h2-5,11H,1H3;1-2H3. The van der Waals surface area contributed by atoms with Crippen LogP contribution in [0.4, 0.5) is 0 Å². The predicted molar refractivity (Wildman–Crippen MR) is 60.2 cm³/mol. The van der Waals surface area contributed by atoms with E-state index in [1.165, 1.54) is 0 Å². The second-order valence-corrected chi connectivity index (χ2v) is 2.84. The van der Waals surface area contributed by atoms with E-state index < -0.39 is 5.63 Å². The number of aromatic hydroxyl groups is 1. The van der Waals surface area contributed by atoms with Crippen molar-refractivity contribution in [2.24, 2.45) is 0 Å². The van der Waals surface area contributed by atoms with E-state index in [-0.39, 0.29) is 11.5 Å². The molecule has 0 aliphatic rings. The summed E-state index contributed by atoms with van der Waals surface area (Å²) in [4.78, 5) is 11.3. The molecule has 2 rings (SSSR count). The highest BCUT2D eigenvalue weighted by atomic mass is 16.4. The molecule has 0 amide bonds. The van der Waals surface area contributed by atoms with Crippen LogP contribution in [-0.2, 0) is 0 Å². The van der Waals surface area contributed by atoms with Crippen molar-refractivity contribution in [2.75, 3.05) is 0 Å². The first kappa shape index (κ1) is 11.3. The Kier molecular flexibility index (Phi) is 3.50. The van der Waals surface area contributed by atoms with Gasteiger partial charge in [0.25, 0.3) is 0 Å². The van der Waals surface area contributed by atoms with Gasteiger partial charge < -0.3 is 9.52 Å². The first-order chi connectivity index (χ1) is 7.20. The molecule has 15 heavy (non-hydrogen) atoms. The highest BCUT2D eigenvalue weighted by Crippen LogP contribution is 2.24. The molecule has 0 atom stereocenters. The Morgan fingerprint density at radius 2 is 1.67 bits per heavy atom. The van der Waals surface area contributed by atoms with Gasteiger partial charge >= 0.3 is 5.63 Å². The quantitative estimate of drug-likeness (QED) is 0.721. The Bertz CT molecular complexity index is 512. The van der Waals surface area contributed by atoms with Crippen molar-refractivity contribution in [3.63, 3.8) is 0 Å². The monoisotopic (exact) mass is 206 g/mol. The van der Waals surface area contributed by atoms with Crippen LogP contribution >= 0.6 is 0 Å². The van der Waals surface area contributed by atoms with Crippen molar-refractivity contribution in [1.29, 1.82) is 0 Å². The van der Waals surface area contributed by atoms with E-state index >= 15 is 0 Å². The van der Waals surface area contributed by atoms with Crippen LogP contribution in [0.1, 0.15) is 19.6 Å². The minimum atomic E-state index is -0.411. The molecule has 1 heterocycles. The van der Waals surface area contributed by atoms with E-state index in [4.69, 9.17) is 4.42 Å². The Morgan fingerprint density at radius 3 is 2.27 bits per heavy atom. The second kappa shape index (κ2) is 4.64. The maximum Gasteiger partial charge on any atom is 0.344 e. The molecule has 3 heteroatoms. The molecule has 0 saturated carbocycles. The van der Waals surface area contributed by atoms with Gasteiger partial charge in [-0.3, -0.25) is 0 Å². The van der Waals surface area contributed by atoms with Crippen molar-refractivity contribution >= 4 is 10.8 Å². The van der Waals surface area contributed by atoms with Gasteiger partial charge in [0, 0.05) is 5.39 Å². The molecule has 3 nitrogen and oxygen atoms in total. The van der Waals surface area contributed by atoms with Crippen LogP contribution in [0.15, 0.2) is 33.5 Å². The average molecular weight is 206 g/mol. The van der Waals surface area contributed by atoms with E-state index in [9.17, 15) is 9.90 Å². The van der Waals surface area contributed by atoms with Crippen LogP contribution < -0.4 is 5.63 Å². The summed E-state index contributed by atoms with van der Waals surface area (Å²) in [6.45, 7) is 5.56. The molecule has 1 aromatic carbocycles. The van der Waals surface area contributed by atoms with Crippen LogP contribution in [0.2, 0.25) is 0 Å². The molecule has 1 aromatic heterocycles. The number of hydrogen-bond donors (Lipinski definition) is 1. The van der Waals surface area contributed by atoms with E-state index in [0.717, 1.165) is 0 Å². The molecular weight excluding hydrogens is 192 g/mol. The van der Waals surface area contributed by atoms with Crippen LogP contribution in [0.5, 0.6) is 5.75 Å². The first-order valence-electron chi connectivity index (χ1n) is 4.91. The van der Waals surface area contributed by atoms with E-state index in [2.05, 4.69) is 0 Å². The van der Waals surface area contributed by atoms with Crippen LogP contribution in [0.3, 0.4) is 0 Å². The summed E-state index contributed by atoms with van der Waals surface area (Å²) in [5.74, 6) is 0.291. The molecule has 0 spiro atoms. The van der Waals surface area contributed by atoms with Crippen LogP contribution in [0, 0.1) is 6.92 Å². The fourth-order valence-electron chi connectivity index (χ4n) is 1.30. The van der Waals surface area contributed by atoms with Crippen molar-refractivity contribution < 1.29 is 9.52 Å². The fourth-order valence-corrected chi connectivity index (χ4v) is 1.30. The van der Waals surface area contributed by atoms with Crippen LogP contribution in [0.25, 0.3) is 10.8 Å². The Hall–Kier alpha value is -1.77. The molecule has 0 aliphatic carbocycles. The molecule has 0 aliphatic heterocycles. The Morgan fingerprint density at radius 1 is 1.13 bits per heavy atom. The van der Waals surface area contributed by atoms with Gasteiger partial charge in [-0.15, -0.1) is 0 Å². The molecular formula is C12H14O3. The summed E-state index contributed by atoms with van der Waals surface area (Å²) < 4.78 is 4.82. The third kappa shape index (κ3) is 2.01. The minimum absolute atomic E-state index is 0.0372. The normalized spacial score (nSPS) is 9.53. The van der Waals surface area contributed by atoms with E-state index in [1.807, 2.05) is 13.8 Å². The summed E-state index contributed by atoms with van der Waals surface area (Å²) in [6.07, 6.45) is 0. The van der Waals surface area contributed by atoms with Gasteiger partial charge in [-0.25, -0.2) is 4.79 Å². The maximum atomic E-state index is 11.3. The topological polar surface area (TPSA) is 50.4 Å². The zero-order valence-electron chi connectivity index (χ0n) is 9.07. The Labute approximate surface area is 88.0 Å². The van der Waals surface area contributed by atoms with Gasteiger partial charge in [0.2, 0.25) is 0 Å². The maximum absolute atomic E-state index is 11.3. The van der Waals surface area contributed by atoms with Gasteiger partial charge in [-0.05, 0) is 13.0 Å². The lowest BCUT2D eigenvalue weighted by Crippen LogP contribution is -2.00. The predicted octanol–water partition coefficient (Wildman–Crippen LogP) is 2.83. The third-order valence-electron chi connectivity index (χ3n) is 1.98. The van der Waals surface area contributed by atoms with Crippen LogP contribution in [-0.4, -0.2) is 5.11 Å². The van der Waals surface area contributed by atoms with Gasteiger partial charge in [-0.2, -0.15) is 0 Å². The highest BCUT2D eigenvalue weighted by molar-refractivity contribution is 5.87. The first-order valence-corrected chi connectivity index (χ1v) is 4.91. The summed E-state index contributed by atoms with van der Waals surface area (Å²) in [7, 11) is 0.